The van der Waals surface area contributed by atoms with E-state index in [0.29, 0.717) is 25.4 Å². The Balaban J connectivity index is 1.55. The van der Waals surface area contributed by atoms with Crippen LogP contribution < -0.4 is 5.73 Å². The largest absolute Gasteiger partial charge is 0.469 e. The van der Waals surface area contributed by atoms with Crippen molar-refractivity contribution < 1.29 is 23.7 Å². The smallest absolute Gasteiger partial charge is 0.395 e. The maximum Gasteiger partial charge on any atom is 0.469 e. The first-order valence-corrected chi connectivity index (χ1v) is 10.5. The molecule has 3 rings (SSSR count). The molecule has 2 fully saturated rings. The van der Waals surface area contributed by atoms with E-state index in [1.807, 2.05) is 19.1 Å². The first-order chi connectivity index (χ1) is 12.2. The van der Waals surface area contributed by atoms with E-state index >= 15 is 0 Å². The molecule has 1 aromatic rings. The molecule has 0 unspecified atom stereocenters. The standard InChI is InChI=1S/C18H27N2O5P/c1-13(20-24-11-14-2-3-14)15-4-6-16(7-5-15)17-8-9-18(19,10-17)12-25-26(21,22)23/h4-7,14,17H,2-3,8-12,19H2,1H3,(H2,21,22,23)/b20-13+/t17-,18-/m1/s1. The minimum absolute atomic E-state index is 0.129. The van der Waals surface area contributed by atoms with Crippen molar-refractivity contribution in [2.45, 2.75) is 50.5 Å². The lowest BCUT2D eigenvalue weighted by Gasteiger charge is -2.24. The number of nitrogens with zero attached hydrogens (tertiary/aromatic N) is 1. The van der Waals surface area contributed by atoms with Crippen LogP contribution in [0.1, 0.15) is 56.1 Å². The third-order valence-corrected chi connectivity index (χ3v) is 5.64. The average Bonchev–Trinajstić information content (AvgIpc) is 3.33. The third kappa shape index (κ3) is 5.63. The summed E-state index contributed by atoms with van der Waals surface area (Å²) in [5.74, 6) is 0.945. The van der Waals surface area contributed by atoms with Gasteiger partial charge in [0.05, 0.1) is 12.3 Å². The zero-order chi connectivity index (χ0) is 18.8. The average molecular weight is 382 g/mol. The highest BCUT2D eigenvalue weighted by molar-refractivity contribution is 7.46. The Hall–Kier alpha value is -1.24. The molecular weight excluding hydrogens is 355 g/mol. The number of benzene rings is 1. The zero-order valence-electron chi connectivity index (χ0n) is 15.0. The molecule has 2 saturated carbocycles. The van der Waals surface area contributed by atoms with Gasteiger partial charge >= 0.3 is 7.82 Å². The molecule has 0 aromatic heterocycles. The quantitative estimate of drug-likeness (QED) is 0.362. The van der Waals surface area contributed by atoms with Crippen molar-refractivity contribution in [2.24, 2.45) is 16.8 Å². The fraction of sp³-hybridized carbons (Fsp3) is 0.611. The normalized spacial score (nSPS) is 26.9. The van der Waals surface area contributed by atoms with Crippen molar-refractivity contribution in [1.82, 2.24) is 0 Å². The van der Waals surface area contributed by atoms with Gasteiger partial charge in [-0.05, 0) is 62.0 Å². The van der Waals surface area contributed by atoms with Gasteiger partial charge in [-0.1, -0.05) is 29.4 Å². The number of rotatable bonds is 8. The van der Waals surface area contributed by atoms with Gasteiger partial charge in [0.2, 0.25) is 0 Å². The van der Waals surface area contributed by atoms with Gasteiger partial charge in [0.1, 0.15) is 6.61 Å². The van der Waals surface area contributed by atoms with Crippen LogP contribution in [0.2, 0.25) is 0 Å². The summed E-state index contributed by atoms with van der Waals surface area (Å²) in [5.41, 5.74) is 8.60. The van der Waals surface area contributed by atoms with E-state index in [4.69, 9.17) is 20.4 Å². The van der Waals surface area contributed by atoms with Gasteiger partial charge in [-0.15, -0.1) is 0 Å². The molecule has 7 nitrogen and oxygen atoms in total. The Bertz CT molecular complexity index is 698. The fourth-order valence-corrected chi connectivity index (χ4v) is 3.78. The van der Waals surface area contributed by atoms with Crippen LogP contribution in [0.15, 0.2) is 29.4 Å². The number of hydrogen-bond donors (Lipinski definition) is 3. The van der Waals surface area contributed by atoms with Crippen molar-refractivity contribution in [3.05, 3.63) is 35.4 Å². The summed E-state index contributed by atoms with van der Waals surface area (Å²) in [5, 5.41) is 4.18. The molecule has 2 aliphatic carbocycles. The molecule has 0 saturated heterocycles. The Kier molecular flexibility index (Phi) is 5.85. The van der Waals surface area contributed by atoms with E-state index in [1.54, 1.807) is 0 Å². The lowest BCUT2D eigenvalue weighted by atomic mass is 9.93. The second kappa shape index (κ2) is 7.79. The van der Waals surface area contributed by atoms with Crippen LogP contribution in [-0.2, 0) is 13.9 Å². The van der Waals surface area contributed by atoms with Gasteiger partial charge in [-0.25, -0.2) is 4.57 Å². The maximum atomic E-state index is 10.9. The summed E-state index contributed by atoms with van der Waals surface area (Å²) < 4.78 is 15.5. The zero-order valence-corrected chi connectivity index (χ0v) is 15.9. The van der Waals surface area contributed by atoms with Crippen LogP contribution in [0.4, 0.5) is 0 Å². The minimum Gasteiger partial charge on any atom is -0.395 e. The molecule has 26 heavy (non-hydrogen) atoms. The molecule has 8 heteroatoms. The van der Waals surface area contributed by atoms with Gasteiger partial charge < -0.3 is 20.4 Å². The first kappa shape index (κ1) is 19.5. The van der Waals surface area contributed by atoms with Gasteiger partial charge in [0, 0.05) is 5.54 Å². The summed E-state index contributed by atoms with van der Waals surface area (Å²) in [6, 6.07) is 8.18. The van der Waals surface area contributed by atoms with Crippen molar-refractivity contribution in [3.8, 4) is 0 Å². The topological polar surface area (TPSA) is 114 Å². The van der Waals surface area contributed by atoms with Crippen LogP contribution in [0, 0.1) is 5.92 Å². The molecular formula is C18H27N2O5P. The lowest BCUT2D eigenvalue weighted by Crippen LogP contribution is -2.41. The number of hydrogen-bond acceptors (Lipinski definition) is 5. The summed E-state index contributed by atoms with van der Waals surface area (Å²) in [7, 11) is -4.49. The summed E-state index contributed by atoms with van der Waals surface area (Å²) in [6.45, 7) is 2.50. The highest BCUT2D eigenvalue weighted by atomic mass is 31.2. The van der Waals surface area contributed by atoms with Crippen LogP contribution >= 0.6 is 7.82 Å². The molecule has 144 valence electrons. The number of oxime groups is 1. The van der Waals surface area contributed by atoms with Crippen LogP contribution in [0.3, 0.4) is 0 Å². The summed E-state index contributed by atoms with van der Waals surface area (Å²) in [4.78, 5) is 23.1. The molecule has 4 N–H and O–H groups in total. The molecule has 0 spiro atoms. The predicted molar refractivity (Wildman–Crippen MR) is 98.8 cm³/mol. The predicted octanol–water partition coefficient (Wildman–Crippen LogP) is 2.91. The number of phosphoric ester groups is 1. The fourth-order valence-electron chi connectivity index (χ4n) is 3.36. The highest BCUT2D eigenvalue weighted by Crippen LogP contribution is 2.43. The second-order valence-electron chi connectivity index (χ2n) is 7.60. The Morgan fingerprint density at radius 1 is 1.31 bits per heavy atom. The number of phosphoric acid groups is 1. The van der Waals surface area contributed by atoms with Gasteiger partial charge in [0.15, 0.2) is 0 Å². The van der Waals surface area contributed by atoms with E-state index in [1.165, 1.54) is 18.4 Å². The van der Waals surface area contributed by atoms with Crippen molar-refractivity contribution in [3.63, 3.8) is 0 Å². The second-order valence-corrected chi connectivity index (χ2v) is 8.84. The van der Waals surface area contributed by atoms with Crippen molar-refractivity contribution >= 4 is 13.5 Å². The molecule has 2 aliphatic rings. The molecule has 0 bridgehead atoms. The molecule has 2 atom stereocenters. The molecule has 0 radical (unpaired) electrons. The van der Waals surface area contributed by atoms with E-state index in [-0.39, 0.29) is 12.5 Å². The minimum atomic E-state index is -4.49. The first-order valence-electron chi connectivity index (χ1n) is 9.00. The molecule has 0 heterocycles. The Morgan fingerprint density at radius 3 is 2.62 bits per heavy atom. The van der Waals surface area contributed by atoms with Crippen LogP contribution in [0.25, 0.3) is 0 Å². The van der Waals surface area contributed by atoms with Gasteiger partial charge in [-0.3, -0.25) is 4.52 Å². The molecule has 0 aliphatic heterocycles. The van der Waals surface area contributed by atoms with E-state index in [2.05, 4.69) is 21.8 Å². The lowest BCUT2D eigenvalue weighted by molar-refractivity contribution is 0.134. The third-order valence-electron chi connectivity index (χ3n) is 5.17. The molecule has 0 amide bonds. The van der Waals surface area contributed by atoms with Crippen molar-refractivity contribution in [1.29, 1.82) is 0 Å². The monoisotopic (exact) mass is 382 g/mol. The summed E-state index contributed by atoms with van der Waals surface area (Å²) in [6.07, 6.45) is 4.68. The Labute approximate surface area is 153 Å². The van der Waals surface area contributed by atoms with Crippen molar-refractivity contribution in [2.75, 3.05) is 13.2 Å². The highest BCUT2D eigenvalue weighted by Gasteiger charge is 2.38. The SMILES string of the molecule is C/C(=N\OCC1CC1)c1ccc([C@@H]2CC[C@](N)(COP(=O)(O)O)C2)cc1. The van der Waals surface area contributed by atoms with Crippen LogP contribution in [-0.4, -0.2) is 34.3 Å². The van der Waals surface area contributed by atoms with Gasteiger partial charge in [-0.2, -0.15) is 0 Å². The maximum absolute atomic E-state index is 10.9. The van der Waals surface area contributed by atoms with E-state index in [0.717, 1.165) is 17.7 Å². The number of nitrogens with two attached hydrogens (primary N) is 1. The van der Waals surface area contributed by atoms with E-state index in [9.17, 15) is 4.57 Å². The van der Waals surface area contributed by atoms with Gasteiger partial charge in [0.25, 0.3) is 0 Å². The van der Waals surface area contributed by atoms with E-state index < -0.39 is 13.4 Å². The summed E-state index contributed by atoms with van der Waals surface area (Å²) >= 11 is 0. The molecule has 1 aromatic carbocycles. The van der Waals surface area contributed by atoms with Crippen LogP contribution in [0.5, 0.6) is 0 Å². The Morgan fingerprint density at radius 2 is 2.00 bits per heavy atom.